The number of nitrogens with one attached hydrogen (secondary N) is 3. The minimum absolute atomic E-state index is 0.0302. The number of ketones is 1. The van der Waals surface area contributed by atoms with E-state index >= 15 is 0 Å². The summed E-state index contributed by atoms with van der Waals surface area (Å²) >= 11 is 1.13. The molecule has 1 aromatic carbocycles. The summed E-state index contributed by atoms with van der Waals surface area (Å²) in [6.45, 7) is 11.8. The molecule has 0 aliphatic rings. The average Bonchev–Trinajstić information content (AvgIpc) is 3.40. The van der Waals surface area contributed by atoms with Crippen molar-refractivity contribution in [2.24, 2.45) is 45.7 Å². The van der Waals surface area contributed by atoms with Gasteiger partial charge in [-0.25, -0.2) is 4.98 Å². The molecule has 2 rings (SSSR count). The zero-order valence-corrected chi connectivity index (χ0v) is 29.1. The molecule has 1 aromatic heterocycles. The van der Waals surface area contributed by atoms with Gasteiger partial charge in [0, 0.05) is 6.54 Å². The Hall–Kier alpha value is -3.66. The molecule has 14 nitrogen and oxygen atoms in total. The number of aliphatic hydroxyl groups is 1. The molecule has 12 N–H and O–H groups in total. The van der Waals surface area contributed by atoms with Crippen LogP contribution in [-0.2, 0) is 14.4 Å². The summed E-state index contributed by atoms with van der Waals surface area (Å²) in [7, 11) is 0. The number of nitrogens with two attached hydrogens (primary N) is 4. The van der Waals surface area contributed by atoms with Gasteiger partial charge in [-0.15, -0.1) is 11.3 Å². The Balaban J connectivity index is 2.33. The van der Waals surface area contributed by atoms with Crippen LogP contribution in [-0.4, -0.2) is 70.3 Å². The second-order valence-electron chi connectivity index (χ2n) is 13.1. The second-order valence-corrected chi connectivity index (χ2v) is 14.1. The summed E-state index contributed by atoms with van der Waals surface area (Å²) < 4.78 is 0.633. The fourth-order valence-electron chi connectivity index (χ4n) is 5.04. The van der Waals surface area contributed by atoms with Crippen LogP contribution in [0.3, 0.4) is 0 Å². The Labute approximate surface area is 280 Å². The molecule has 5 atom stereocenters. The Morgan fingerprint density at radius 1 is 0.915 bits per heavy atom. The molecule has 1 heterocycles. The van der Waals surface area contributed by atoms with Crippen molar-refractivity contribution < 1.29 is 24.3 Å². The number of aromatic nitrogens is 1. The number of hydrogen-bond acceptors (Lipinski definition) is 10. The summed E-state index contributed by atoms with van der Waals surface area (Å²) in [4.78, 5) is 60.7. The molecule has 0 bridgehead atoms. The Morgan fingerprint density at radius 2 is 1.55 bits per heavy atom. The maximum Gasteiger partial charge on any atom is 0.243 e. The first-order chi connectivity index (χ1) is 22.0. The first-order valence-electron chi connectivity index (χ1n) is 16.1. The van der Waals surface area contributed by atoms with Crippen molar-refractivity contribution in [1.29, 1.82) is 0 Å². The highest BCUT2D eigenvalue weighted by molar-refractivity contribution is 7.20. The van der Waals surface area contributed by atoms with E-state index in [1.54, 1.807) is 18.2 Å². The van der Waals surface area contributed by atoms with Gasteiger partial charge < -0.3 is 38.7 Å². The molecule has 0 fully saturated rings. The SMILES string of the molecule is CC(C)C[C@H](NC(=O)[C@@H](N)CC(C)C)C(=O)N[C@@H](CCCCN=C(N)N)C(=O)c1nc2ccc(C(O)N[C@H](C(N)=O)C(C)C)cc2s1. The van der Waals surface area contributed by atoms with Crippen LogP contribution in [0, 0.1) is 17.8 Å². The smallest absolute Gasteiger partial charge is 0.243 e. The van der Waals surface area contributed by atoms with Crippen LogP contribution in [0.25, 0.3) is 10.2 Å². The number of carbonyl (C=O) groups is 4. The van der Waals surface area contributed by atoms with E-state index in [1.165, 1.54) is 0 Å². The number of nitrogens with zero attached hydrogens (tertiary/aromatic N) is 2. The molecule has 2 aromatic rings. The number of benzene rings is 1. The molecule has 0 saturated carbocycles. The monoisotopic (exact) mass is 675 g/mol. The molecule has 262 valence electrons. The normalized spacial score (nSPS) is 14.9. The van der Waals surface area contributed by atoms with Gasteiger partial charge in [0.05, 0.1) is 28.3 Å². The molecule has 0 spiro atoms. The van der Waals surface area contributed by atoms with Gasteiger partial charge in [0.2, 0.25) is 23.5 Å². The Kier molecular flexibility index (Phi) is 15.7. The quantitative estimate of drug-likeness (QED) is 0.0329. The van der Waals surface area contributed by atoms with E-state index in [1.807, 2.05) is 41.5 Å². The number of rotatable bonds is 20. The number of aliphatic hydroxyl groups excluding tert-OH is 1. The average molecular weight is 676 g/mol. The summed E-state index contributed by atoms with van der Waals surface area (Å²) in [5, 5.41) is 19.4. The molecule has 15 heteroatoms. The van der Waals surface area contributed by atoms with Gasteiger partial charge in [0.15, 0.2) is 11.0 Å². The Bertz CT molecular complexity index is 1390. The van der Waals surface area contributed by atoms with E-state index in [-0.39, 0.29) is 40.9 Å². The lowest BCUT2D eigenvalue weighted by molar-refractivity contribution is -0.130. The standard InChI is InChI=1S/C32H53N9O5S/c1-16(2)13-20(33)29(45)39-23(14-17(3)4)30(46)38-22(9-7-8-12-37-32(35)36)26(42)31-40-21-11-10-19(15-24(21)47-31)28(44)41-25(18(5)6)27(34)43/h10-11,15-18,20,22-23,25,28,41,44H,7-9,12-14,33H2,1-6H3,(H2,34,43)(H,38,46)(H,39,45)(H4,35,36,37)/t20-,22-,23-,25-,28?/m0/s1. The molecule has 0 aliphatic carbocycles. The highest BCUT2D eigenvalue weighted by Crippen LogP contribution is 2.27. The largest absolute Gasteiger partial charge is 0.374 e. The predicted molar refractivity (Wildman–Crippen MR) is 185 cm³/mol. The summed E-state index contributed by atoms with van der Waals surface area (Å²) in [6.07, 6.45) is 1.02. The van der Waals surface area contributed by atoms with Crippen LogP contribution in [0.4, 0.5) is 0 Å². The van der Waals surface area contributed by atoms with Crippen molar-refractivity contribution in [3.8, 4) is 0 Å². The van der Waals surface area contributed by atoms with Gasteiger partial charge in [-0.1, -0.05) is 47.6 Å². The van der Waals surface area contributed by atoms with Gasteiger partial charge in [0.25, 0.3) is 0 Å². The number of aliphatic imine (C=N–C) groups is 1. The molecule has 1 unspecified atom stereocenters. The van der Waals surface area contributed by atoms with Crippen molar-refractivity contribution in [3.63, 3.8) is 0 Å². The number of amides is 3. The van der Waals surface area contributed by atoms with Crippen LogP contribution in [0.1, 0.15) is 95.2 Å². The fourth-order valence-corrected chi connectivity index (χ4v) is 6.05. The first-order valence-corrected chi connectivity index (χ1v) is 16.9. The van der Waals surface area contributed by atoms with E-state index in [0.717, 1.165) is 11.3 Å². The van der Waals surface area contributed by atoms with Gasteiger partial charge in [-0.2, -0.15) is 0 Å². The lowest BCUT2D eigenvalue weighted by Crippen LogP contribution is -2.55. The minimum atomic E-state index is -1.18. The predicted octanol–water partition coefficient (Wildman–Crippen LogP) is 1.40. The van der Waals surface area contributed by atoms with Crippen LogP contribution in [0.15, 0.2) is 23.2 Å². The summed E-state index contributed by atoms with van der Waals surface area (Å²) in [5.41, 5.74) is 23.4. The van der Waals surface area contributed by atoms with Crippen LogP contribution in [0.5, 0.6) is 0 Å². The topological polar surface area (TPSA) is 254 Å². The van der Waals surface area contributed by atoms with Crippen molar-refractivity contribution in [2.45, 2.75) is 104 Å². The summed E-state index contributed by atoms with van der Waals surface area (Å²) in [6, 6.07) is 1.68. The molecule has 47 heavy (non-hydrogen) atoms. The number of primary amides is 1. The molecular formula is C32H53N9O5S. The van der Waals surface area contributed by atoms with E-state index in [9.17, 15) is 24.3 Å². The van der Waals surface area contributed by atoms with Crippen molar-refractivity contribution in [3.05, 3.63) is 28.8 Å². The van der Waals surface area contributed by atoms with E-state index in [2.05, 4.69) is 25.9 Å². The Morgan fingerprint density at radius 3 is 2.13 bits per heavy atom. The summed E-state index contributed by atoms with van der Waals surface area (Å²) in [5.74, 6) is -1.78. The van der Waals surface area contributed by atoms with Crippen LogP contribution < -0.4 is 38.9 Å². The van der Waals surface area contributed by atoms with E-state index in [4.69, 9.17) is 22.9 Å². The van der Waals surface area contributed by atoms with Crippen LogP contribution in [0.2, 0.25) is 0 Å². The zero-order chi connectivity index (χ0) is 35.4. The van der Waals surface area contributed by atoms with Gasteiger partial charge >= 0.3 is 0 Å². The van der Waals surface area contributed by atoms with Crippen molar-refractivity contribution in [2.75, 3.05) is 6.54 Å². The lowest BCUT2D eigenvalue weighted by atomic mass is 9.99. The number of unbranched alkanes of at least 4 members (excludes halogenated alkanes) is 1. The highest BCUT2D eigenvalue weighted by Gasteiger charge is 2.31. The number of carbonyl (C=O) groups excluding carboxylic acids is 4. The molecule has 0 radical (unpaired) electrons. The van der Waals surface area contributed by atoms with Crippen molar-refractivity contribution in [1.82, 2.24) is 20.9 Å². The third-order valence-electron chi connectivity index (χ3n) is 7.48. The van der Waals surface area contributed by atoms with Crippen molar-refractivity contribution >= 4 is 51.0 Å². The van der Waals surface area contributed by atoms with E-state index in [0.29, 0.717) is 48.0 Å². The van der Waals surface area contributed by atoms with E-state index < -0.39 is 48.1 Å². The number of guanidine groups is 1. The molecule has 0 saturated heterocycles. The third-order valence-corrected chi connectivity index (χ3v) is 8.51. The molecular weight excluding hydrogens is 622 g/mol. The highest BCUT2D eigenvalue weighted by atomic mass is 32.1. The number of thiazole rings is 1. The van der Waals surface area contributed by atoms with Crippen LogP contribution >= 0.6 is 11.3 Å². The number of Topliss-reactive ketones (excluding diaryl/α,β-unsaturated/α-hetero) is 1. The maximum absolute atomic E-state index is 13.9. The second kappa shape index (κ2) is 18.6. The van der Waals surface area contributed by atoms with Gasteiger partial charge in [-0.3, -0.25) is 29.5 Å². The molecule has 3 amide bonds. The first kappa shape index (κ1) is 39.5. The molecule has 0 aliphatic heterocycles. The minimum Gasteiger partial charge on any atom is -0.374 e. The number of fused-ring (bicyclic) bond motifs is 1. The third kappa shape index (κ3) is 12.8. The maximum atomic E-state index is 13.9. The van der Waals surface area contributed by atoms with Gasteiger partial charge in [-0.05, 0) is 67.6 Å². The fraction of sp³-hybridized carbons (Fsp3) is 0.625. The number of hydrogen-bond donors (Lipinski definition) is 8. The van der Waals surface area contributed by atoms with Gasteiger partial charge in [0.1, 0.15) is 12.3 Å². The lowest BCUT2D eigenvalue weighted by Gasteiger charge is -2.25. The zero-order valence-electron chi connectivity index (χ0n) is 28.3.